The van der Waals surface area contributed by atoms with Gasteiger partial charge in [0.05, 0.1) is 5.02 Å². The maximum absolute atomic E-state index is 11.3. The van der Waals surface area contributed by atoms with Crippen LogP contribution in [-0.2, 0) is 11.2 Å². The van der Waals surface area contributed by atoms with Crippen LogP contribution in [0.1, 0.15) is 18.3 Å². The zero-order valence-corrected chi connectivity index (χ0v) is 11.2. The Labute approximate surface area is 118 Å². The molecule has 0 bridgehead atoms. The molecule has 0 saturated heterocycles. The van der Waals surface area contributed by atoms with Gasteiger partial charge in [-0.15, -0.1) is 10.2 Å². The molecule has 1 N–H and O–H groups in total. The van der Waals surface area contributed by atoms with Crippen LogP contribution in [0.25, 0.3) is 11.4 Å². The summed E-state index contributed by atoms with van der Waals surface area (Å²) in [4.78, 5) is 11.3. The Kier molecular flexibility index (Phi) is 2.95. The van der Waals surface area contributed by atoms with Crippen molar-refractivity contribution in [1.82, 2.24) is 14.8 Å². The molecule has 0 radical (unpaired) electrons. The SMILES string of the molecule is O=C(O)C1CCc2nnc(-c3ccc(Cl)cc3Cl)n21. The van der Waals surface area contributed by atoms with Gasteiger partial charge in [0.2, 0.25) is 0 Å². The van der Waals surface area contributed by atoms with Crippen LogP contribution in [0.5, 0.6) is 0 Å². The number of hydrogen-bond donors (Lipinski definition) is 1. The first-order valence-corrected chi connectivity index (χ1v) is 6.45. The van der Waals surface area contributed by atoms with Crippen LogP contribution in [0.3, 0.4) is 0 Å². The molecule has 0 aliphatic carbocycles. The topological polar surface area (TPSA) is 68.0 Å². The van der Waals surface area contributed by atoms with Crippen molar-refractivity contribution >= 4 is 29.2 Å². The zero-order valence-electron chi connectivity index (χ0n) is 9.68. The number of aromatic nitrogens is 3. The van der Waals surface area contributed by atoms with E-state index in [-0.39, 0.29) is 0 Å². The highest BCUT2D eigenvalue weighted by Crippen LogP contribution is 2.35. The van der Waals surface area contributed by atoms with Crippen LogP contribution in [0, 0.1) is 0 Å². The number of carboxylic acid groups (broad SMARTS) is 1. The largest absolute Gasteiger partial charge is 0.480 e. The standard InChI is InChI=1S/C12H9Cl2N3O2/c13-6-1-2-7(8(14)5-6)11-16-15-10-4-3-9(12(18)19)17(10)11/h1-2,5,9H,3-4H2,(H,18,19). The highest BCUT2D eigenvalue weighted by Gasteiger charge is 2.32. The molecule has 7 heteroatoms. The lowest BCUT2D eigenvalue weighted by molar-refractivity contribution is -0.140. The van der Waals surface area contributed by atoms with Crippen molar-refractivity contribution in [3.05, 3.63) is 34.1 Å². The monoisotopic (exact) mass is 297 g/mol. The average Bonchev–Trinajstić information content (AvgIpc) is 2.90. The molecule has 2 heterocycles. The van der Waals surface area contributed by atoms with Gasteiger partial charge < -0.3 is 5.11 Å². The number of benzene rings is 1. The number of aryl methyl sites for hydroxylation is 1. The highest BCUT2D eigenvalue weighted by atomic mass is 35.5. The van der Waals surface area contributed by atoms with E-state index in [0.717, 1.165) is 0 Å². The van der Waals surface area contributed by atoms with Crippen molar-refractivity contribution in [2.75, 3.05) is 0 Å². The maximum atomic E-state index is 11.3. The lowest BCUT2D eigenvalue weighted by Crippen LogP contribution is -2.16. The molecule has 19 heavy (non-hydrogen) atoms. The summed E-state index contributed by atoms with van der Waals surface area (Å²) < 4.78 is 1.64. The molecule has 3 rings (SSSR count). The van der Waals surface area contributed by atoms with Gasteiger partial charge in [0.25, 0.3) is 0 Å². The van der Waals surface area contributed by atoms with Crippen molar-refractivity contribution < 1.29 is 9.90 Å². The Morgan fingerprint density at radius 3 is 2.84 bits per heavy atom. The first kappa shape index (κ1) is 12.4. The van der Waals surface area contributed by atoms with Gasteiger partial charge in [0.15, 0.2) is 5.82 Å². The number of aliphatic carboxylic acids is 1. The van der Waals surface area contributed by atoms with Crippen LogP contribution in [-0.4, -0.2) is 25.8 Å². The number of carboxylic acids is 1. The lowest BCUT2D eigenvalue weighted by Gasteiger charge is -2.11. The second-order valence-corrected chi connectivity index (χ2v) is 5.17. The van der Waals surface area contributed by atoms with Crippen LogP contribution in [0.2, 0.25) is 10.0 Å². The molecule has 0 saturated carbocycles. The normalized spacial score (nSPS) is 17.5. The third kappa shape index (κ3) is 1.99. The van der Waals surface area contributed by atoms with Crippen molar-refractivity contribution in [2.45, 2.75) is 18.9 Å². The van der Waals surface area contributed by atoms with Gasteiger partial charge in [-0.1, -0.05) is 23.2 Å². The summed E-state index contributed by atoms with van der Waals surface area (Å²) in [7, 11) is 0. The second kappa shape index (κ2) is 4.51. The number of carbonyl (C=O) groups is 1. The zero-order chi connectivity index (χ0) is 13.6. The molecule has 1 aliphatic heterocycles. The fourth-order valence-corrected chi connectivity index (χ4v) is 2.80. The van der Waals surface area contributed by atoms with Crippen LogP contribution >= 0.6 is 23.2 Å². The van der Waals surface area contributed by atoms with E-state index in [1.54, 1.807) is 22.8 Å². The quantitative estimate of drug-likeness (QED) is 0.925. The van der Waals surface area contributed by atoms with Crippen LogP contribution in [0.15, 0.2) is 18.2 Å². The van der Waals surface area contributed by atoms with Gasteiger partial charge in [-0.05, 0) is 24.6 Å². The molecule has 1 aromatic carbocycles. The number of nitrogens with zero attached hydrogens (tertiary/aromatic N) is 3. The van der Waals surface area contributed by atoms with Gasteiger partial charge in [-0.2, -0.15) is 0 Å². The number of hydrogen-bond acceptors (Lipinski definition) is 3. The van der Waals surface area contributed by atoms with Crippen molar-refractivity contribution in [3.8, 4) is 11.4 Å². The van der Waals surface area contributed by atoms with E-state index in [2.05, 4.69) is 10.2 Å². The van der Waals surface area contributed by atoms with E-state index >= 15 is 0 Å². The molecule has 1 unspecified atom stereocenters. The lowest BCUT2D eigenvalue weighted by atomic mass is 10.2. The van der Waals surface area contributed by atoms with Crippen molar-refractivity contribution in [2.24, 2.45) is 0 Å². The van der Waals surface area contributed by atoms with E-state index in [4.69, 9.17) is 23.2 Å². The number of fused-ring (bicyclic) bond motifs is 1. The fraction of sp³-hybridized carbons (Fsp3) is 0.250. The Balaban J connectivity index is 2.15. The molecular weight excluding hydrogens is 289 g/mol. The molecule has 1 aliphatic rings. The van der Waals surface area contributed by atoms with E-state index < -0.39 is 12.0 Å². The molecule has 0 amide bonds. The predicted molar refractivity (Wildman–Crippen MR) is 70.5 cm³/mol. The van der Waals surface area contributed by atoms with E-state index in [1.165, 1.54) is 0 Å². The third-order valence-corrected chi connectivity index (χ3v) is 3.72. The first-order chi connectivity index (χ1) is 9.08. The third-order valence-electron chi connectivity index (χ3n) is 3.18. The summed E-state index contributed by atoms with van der Waals surface area (Å²) in [6, 6.07) is 4.38. The molecule has 0 fully saturated rings. The first-order valence-electron chi connectivity index (χ1n) is 5.70. The minimum atomic E-state index is -0.884. The van der Waals surface area contributed by atoms with E-state index in [1.807, 2.05) is 0 Å². The van der Waals surface area contributed by atoms with Gasteiger partial charge in [-0.25, -0.2) is 4.79 Å². The Hall–Kier alpha value is -1.59. The highest BCUT2D eigenvalue weighted by molar-refractivity contribution is 6.36. The maximum Gasteiger partial charge on any atom is 0.326 e. The Morgan fingerprint density at radius 1 is 1.37 bits per heavy atom. The van der Waals surface area contributed by atoms with Crippen LogP contribution in [0.4, 0.5) is 0 Å². The van der Waals surface area contributed by atoms with Gasteiger partial charge in [0.1, 0.15) is 11.9 Å². The summed E-state index contributed by atoms with van der Waals surface area (Å²) in [5.41, 5.74) is 0.637. The summed E-state index contributed by atoms with van der Waals surface area (Å²) in [6.45, 7) is 0. The summed E-state index contributed by atoms with van der Waals surface area (Å²) in [5, 5.41) is 18.3. The minimum absolute atomic E-state index is 0.429. The molecule has 2 aromatic rings. The molecule has 0 spiro atoms. The van der Waals surface area contributed by atoms with Crippen LogP contribution < -0.4 is 0 Å². The second-order valence-electron chi connectivity index (χ2n) is 4.33. The van der Waals surface area contributed by atoms with E-state index in [9.17, 15) is 9.90 Å². The molecule has 1 atom stereocenters. The predicted octanol–water partition coefficient (Wildman–Crippen LogP) is 2.82. The van der Waals surface area contributed by atoms with E-state index in [0.29, 0.717) is 40.1 Å². The molecule has 1 aromatic heterocycles. The Bertz CT molecular complexity index is 669. The van der Waals surface area contributed by atoms with Crippen molar-refractivity contribution in [1.29, 1.82) is 0 Å². The molecule has 5 nitrogen and oxygen atoms in total. The summed E-state index contributed by atoms with van der Waals surface area (Å²) in [6.07, 6.45) is 1.13. The smallest absolute Gasteiger partial charge is 0.326 e. The van der Waals surface area contributed by atoms with Gasteiger partial charge in [0, 0.05) is 17.0 Å². The van der Waals surface area contributed by atoms with Gasteiger partial charge >= 0.3 is 5.97 Å². The van der Waals surface area contributed by atoms with Crippen molar-refractivity contribution in [3.63, 3.8) is 0 Å². The number of rotatable bonds is 2. The molecule has 98 valence electrons. The summed E-state index contributed by atoms with van der Waals surface area (Å²) in [5.74, 6) is 0.264. The fourth-order valence-electron chi connectivity index (χ4n) is 2.30. The van der Waals surface area contributed by atoms with Gasteiger partial charge in [-0.3, -0.25) is 4.57 Å². The molecular formula is C12H9Cl2N3O2. The summed E-state index contributed by atoms with van der Waals surface area (Å²) >= 11 is 12.0. The number of halogens is 2. The Morgan fingerprint density at radius 2 is 2.16 bits per heavy atom. The minimum Gasteiger partial charge on any atom is -0.480 e. The average molecular weight is 298 g/mol.